The number of amides is 2. The van der Waals surface area contributed by atoms with Gasteiger partial charge in [0.2, 0.25) is 21.8 Å². The second-order valence-electron chi connectivity index (χ2n) is 8.53. The van der Waals surface area contributed by atoms with Crippen molar-refractivity contribution in [3.8, 4) is 11.5 Å². The molecule has 0 aliphatic carbocycles. The Morgan fingerprint density at radius 1 is 1.06 bits per heavy atom. The number of ether oxygens (including phenoxy) is 2. The van der Waals surface area contributed by atoms with Gasteiger partial charge < -0.3 is 19.7 Å². The van der Waals surface area contributed by atoms with E-state index in [-0.39, 0.29) is 23.9 Å². The molecule has 0 unspecified atom stereocenters. The molecule has 0 spiro atoms. The van der Waals surface area contributed by atoms with Gasteiger partial charge in [-0.15, -0.1) is 0 Å². The Kier molecular flexibility index (Phi) is 10.6. The summed E-state index contributed by atoms with van der Waals surface area (Å²) < 4.78 is 37.3. The highest BCUT2D eigenvalue weighted by Crippen LogP contribution is 2.34. The van der Waals surface area contributed by atoms with Gasteiger partial charge in [0.1, 0.15) is 24.1 Å². The van der Waals surface area contributed by atoms with Gasteiger partial charge in [0.15, 0.2) is 0 Å². The van der Waals surface area contributed by atoms with E-state index in [1.807, 2.05) is 45.0 Å². The number of methoxy groups -OCH3 is 2. The molecule has 0 saturated carbocycles. The lowest BCUT2D eigenvalue weighted by molar-refractivity contribution is -0.140. The quantitative estimate of drug-likeness (QED) is 0.436. The fourth-order valence-corrected chi connectivity index (χ4v) is 4.72. The molecule has 2 aromatic carbocycles. The fraction of sp³-hybridized carbons (Fsp3) is 0.462. The van der Waals surface area contributed by atoms with Gasteiger partial charge in [-0.25, -0.2) is 8.42 Å². The summed E-state index contributed by atoms with van der Waals surface area (Å²) in [6, 6.07) is 11.6. The van der Waals surface area contributed by atoms with Crippen LogP contribution in [0.2, 0.25) is 0 Å². The predicted octanol–water partition coefficient (Wildman–Crippen LogP) is 3.11. The van der Waals surface area contributed by atoms with Gasteiger partial charge in [0.25, 0.3) is 0 Å². The zero-order chi connectivity index (χ0) is 26.9. The van der Waals surface area contributed by atoms with E-state index in [2.05, 4.69) is 5.32 Å². The van der Waals surface area contributed by atoms with Crippen LogP contribution < -0.4 is 19.1 Å². The van der Waals surface area contributed by atoms with E-state index in [1.165, 1.54) is 25.2 Å². The van der Waals surface area contributed by atoms with Crippen LogP contribution in [0, 0.1) is 6.92 Å². The topological polar surface area (TPSA) is 105 Å². The van der Waals surface area contributed by atoms with E-state index in [0.29, 0.717) is 18.7 Å². The van der Waals surface area contributed by atoms with E-state index in [0.717, 1.165) is 28.1 Å². The molecule has 0 fully saturated rings. The van der Waals surface area contributed by atoms with Crippen LogP contribution in [0.3, 0.4) is 0 Å². The second-order valence-corrected chi connectivity index (χ2v) is 10.4. The van der Waals surface area contributed by atoms with E-state index in [4.69, 9.17) is 9.47 Å². The maximum atomic E-state index is 13.8. The van der Waals surface area contributed by atoms with E-state index >= 15 is 0 Å². The molecule has 0 bridgehead atoms. The Morgan fingerprint density at radius 2 is 1.78 bits per heavy atom. The fourth-order valence-electron chi connectivity index (χ4n) is 3.88. The molecule has 2 amide bonds. The van der Waals surface area contributed by atoms with Crippen LogP contribution in [0.25, 0.3) is 0 Å². The molecule has 2 aromatic rings. The SMILES string of the molecule is CCCNC(=O)[C@@H](CC)N(Cc1cccc(C)c1)C(=O)CN(c1cc(OC)ccc1OC)S(C)(=O)=O. The number of anilines is 1. The molecule has 0 aliphatic rings. The van der Waals surface area contributed by atoms with Crippen molar-refractivity contribution in [1.82, 2.24) is 10.2 Å². The van der Waals surface area contributed by atoms with Crippen molar-refractivity contribution in [2.75, 3.05) is 37.9 Å². The molecule has 2 rings (SSSR count). The van der Waals surface area contributed by atoms with Gasteiger partial charge in [-0.05, 0) is 37.5 Å². The Morgan fingerprint density at radius 3 is 2.33 bits per heavy atom. The maximum absolute atomic E-state index is 13.8. The molecule has 198 valence electrons. The summed E-state index contributed by atoms with van der Waals surface area (Å²) in [6.45, 7) is 5.85. The highest BCUT2D eigenvalue weighted by Gasteiger charge is 2.32. The summed E-state index contributed by atoms with van der Waals surface area (Å²) in [5, 5.41) is 2.86. The maximum Gasteiger partial charge on any atom is 0.244 e. The number of hydrogen-bond donors (Lipinski definition) is 1. The van der Waals surface area contributed by atoms with Crippen molar-refractivity contribution in [3.63, 3.8) is 0 Å². The normalized spacial score (nSPS) is 11.9. The lowest BCUT2D eigenvalue weighted by atomic mass is 10.1. The minimum absolute atomic E-state index is 0.158. The molecule has 0 saturated heterocycles. The second kappa shape index (κ2) is 13.2. The predicted molar refractivity (Wildman–Crippen MR) is 141 cm³/mol. The largest absolute Gasteiger partial charge is 0.497 e. The van der Waals surface area contributed by atoms with Crippen LogP contribution in [0.15, 0.2) is 42.5 Å². The van der Waals surface area contributed by atoms with Crippen molar-refractivity contribution in [2.45, 2.75) is 46.2 Å². The van der Waals surface area contributed by atoms with Crippen molar-refractivity contribution in [1.29, 1.82) is 0 Å². The third-order valence-corrected chi connectivity index (χ3v) is 6.83. The molecule has 0 aliphatic heterocycles. The summed E-state index contributed by atoms with van der Waals surface area (Å²) in [4.78, 5) is 28.2. The Bertz CT molecular complexity index is 1150. The number of hydrogen-bond acceptors (Lipinski definition) is 6. The van der Waals surface area contributed by atoms with Crippen LogP contribution in [-0.4, -0.2) is 64.7 Å². The molecule has 1 atom stereocenters. The number of benzene rings is 2. The van der Waals surface area contributed by atoms with Crippen molar-refractivity contribution in [2.24, 2.45) is 0 Å². The van der Waals surface area contributed by atoms with Gasteiger partial charge in [0.05, 0.1) is 26.2 Å². The number of nitrogens with one attached hydrogen (secondary N) is 1. The van der Waals surface area contributed by atoms with Gasteiger partial charge in [-0.2, -0.15) is 0 Å². The van der Waals surface area contributed by atoms with Crippen LogP contribution in [0.4, 0.5) is 5.69 Å². The van der Waals surface area contributed by atoms with Gasteiger partial charge >= 0.3 is 0 Å². The molecule has 0 radical (unpaired) electrons. The summed E-state index contributed by atoms with van der Waals surface area (Å²) in [5.41, 5.74) is 2.03. The zero-order valence-corrected chi connectivity index (χ0v) is 22.7. The van der Waals surface area contributed by atoms with Gasteiger partial charge in [-0.3, -0.25) is 13.9 Å². The number of rotatable bonds is 13. The highest BCUT2D eigenvalue weighted by atomic mass is 32.2. The lowest BCUT2D eigenvalue weighted by Crippen LogP contribution is -2.52. The third kappa shape index (κ3) is 7.61. The Balaban J connectivity index is 2.51. The first kappa shape index (κ1) is 29.0. The molecule has 9 nitrogen and oxygen atoms in total. The number of nitrogens with zero attached hydrogens (tertiary/aromatic N) is 2. The van der Waals surface area contributed by atoms with Crippen molar-refractivity contribution >= 4 is 27.5 Å². The molecular weight excluding hydrogens is 482 g/mol. The minimum Gasteiger partial charge on any atom is -0.497 e. The van der Waals surface area contributed by atoms with Crippen LogP contribution in [-0.2, 0) is 26.2 Å². The lowest BCUT2D eigenvalue weighted by Gasteiger charge is -2.33. The van der Waals surface area contributed by atoms with Crippen LogP contribution in [0.1, 0.15) is 37.8 Å². The van der Waals surface area contributed by atoms with Gasteiger partial charge in [0, 0.05) is 19.2 Å². The van der Waals surface area contributed by atoms with Crippen molar-refractivity contribution < 1.29 is 27.5 Å². The standard InChI is InChI=1S/C26H37N3O6S/c1-7-14-27-26(31)22(8-2)28(17-20-11-9-10-19(3)15-20)25(30)18-29(36(6,32)33)23-16-21(34-4)12-13-24(23)35-5/h9-13,15-16,22H,7-8,14,17-18H2,1-6H3,(H,27,31)/t22-/m1/s1. The first-order valence-electron chi connectivity index (χ1n) is 11.9. The van der Waals surface area contributed by atoms with Crippen LogP contribution in [0.5, 0.6) is 11.5 Å². The summed E-state index contributed by atoms with van der Waals surface area (Å²) in [7, 11) is -1.02. The van der Waals surface area contributed by atoms with E-state index < -0.39 is 28.5 Å². The smallest absolute Gasteiger partial charge is 0.244 e. The van der Waals surface area contributed by atoms with Crippen molar-refractivity contribution in [3.05, 3.63) is 53.6 Å². The molecular formula is C26H37N3O6S. The molecule has 0 heterocycles. The average molecular weight is 520 g/mol. The summed E-state index contributed by atoms with van der Waals surface area (Å²) >= 11 is 0. The first-order valence-corrected chi connectivity index (χ1v) is 13.7. The third-order valence-electron chi connectivity index (χ3n) is 5.70. The average Bonchev–Trinajstić information content (AvgIpc) is 2.84. The first-order chi connectivity index (χ1) is 17.0. The Labute approximate surface area is 214 Å². The molecule has 36 heavy (non-hydrogen) atoms. The number of carbonyl (C=O) groups excluding carboxylic acids is 2. The monoisotopic (exact) mass is 519 g/mol. The van der Waals surface area contributed by atoms with Gasteiger partial charge in [-0.1, -0.05) is 43.7 Å². The summed E-state index contributed by atoms with van der Waals surface area (Å²) in [6.07, 6.45) is 2.15. The zero-order valence-electron chi connectivity index (χ0n) is 21.9. The molecule has 0 aromatic heterocycles. The van der Waals surface area contributed by atoms with Crippen LogP contribution >= 0.6 is 0 Å². The van der Waals surface area contributed by atoms with E-state index in [9.17, 15) is 18.0 Å². The molecule has 1 N–H and O–H groups in total. The van der Waals surface area contributed by atoms with E-state index in [1.54, 1.807) is 12.1 Å². The number of carbonyl (C=O) groups is 2. The minimum atomic E-state index is -3.90. The highest BCUT2D eigenvalue weighted by molar-refractivity contribution is 7.92. The number of aryl methyl sites for hydroxylation is 1. The Hall–Kier alpha value is -3.27. The molecule has 10 heteroatoms. The summed E-state index contributed by atoms with van der Waals surface area (Å²) in [5.74, 6) is -0.101. The number of sulfonamides is 1.